The largest absolute Gasteiger partial charge is 0.490 e. The normalized spacial score (nSPS) is 10.2. The number of carbonyl (C=O) groups is 2. The van der Waals surface area contributed by atoms with Crippen LogP contribution in [0.1, 0.15) is 20.7 Å². The molecule has 0 aliphatic rings. The SMILES string of the molecule is COc1c(C(N)=O)ccc(NCCNc2ccc(C(N)=O)c(OC)c2[N+](=O)[O-])c1[N+](=O)[O-]. The monoisotopic (exact) mass is 448 g/mol. The van der Waals surface area contributed by atoms with Crippen molar-refractivity contribution in [3.05, 3.63) is 55.6 Å². The molecular formula is C18H20N6O8. The highest BCUT2D eigenvalue weighted by molar-refractivity contribution is 5.99. The number of nitro groups is 2. The molecule has 0 heterocycles. The second-order valence-electron chi connectivity index (χ2n) is 6.18. The molecule has 0 spiro atoms. The number of nitro benzene ring substituents is 2. The van der Waals surface area contributed by atoms with Gasteiger partial charge in [-0.1, -0.05) is 0 Å². The molecule has 6 N–H and O–H groups in total. The molecular weight excluding hydrogens is 428 g/mol. The quantitative estimate of drug-likeness (QED) is 0.219. The lowest BCUT2D eigenvalue weighted by Crippen LogP contribution is -2.18. The molecule has 2 amide bonds. The van der Waals surface area contributed by atoms with Gasteiger partial charge < -0.3 is 31.6 Å². The van der Waals surface area contributed by atoms with Gasteiger partial charge in [-0.3, -0.25) is 29.8 Å². The van der Waals surface area contributed by atoms with Gasteiger partial charge in [-0.2, -0.15) is 0 Å². The molecule has 2 rings (SSSR count). The number of methoxy groups -OCH3 is 2. The van der Waals surface area contributed by atoms with Crippen molar-refractivity contribution in [2.45, 2.75) is 0 Å². The summed E-state index contributed by atoms with van der Waals surface area (Å²) in [7, 11) is 2.34. The lowest BCUT2D eigenvalue weighted by molar-refractivity contribution is -0.385. The van der Waals surface area contributed by atoms with Crippen LogP contribution in [0.15, 0.2) is 24.3 Å². The van der Waals surface area contributed by atoms with Gasteiger partial charge in [0, 0.05) is 13.1 Å². The minimum atomic E-state index is -0.890. The summed E-state index contributed by atoms with van der Waals surface area (Å²) in [6.45, 7) is 0.161. The number of amides is 2. The van der Waals surface area contributed by atoms with Gasteiger partial charge in [0.1, 0.15) is 11.4 Å². The second-order valence-corrected chi connectivity index (χ2v) is 6.18. The molecule has 0 aliphatic carbocycles. The van der Waals surface area contributed by atoms with E-state index in [-0.39, 0.29) is 47.1 Å². The van der Waals surface area contributed by atoms with Crippen LogP contribution >= 0.6 is 0 Å². The molecule has 0 fully saturated rings. The van der Waals surface area contributed by atoms with Crippen molar-refractivity contribution in [2.24, 2.45) is 11.5 Å². The van der Waals surface area contributed by atoms with Gasteiger partial charge in [0.15, 0.2) is 0 Å². The molecule has 0 atom stereocenters. The number of primary amides is 2. The third-order valence-electron chi connectivity index (χ3n) is 4.32. The zero-order valence-electron chi connectivity index (χ0n) is 17.0. The Kier molecular flexibility index (Phi) is 7.34. The molecule has 2 aromatic rings. The Balaban J connectivity index is 2.24. The summed E-state index contributed by atoms with van der Waals surface area (Å²) in [6.07, 6.45) is 0. The van der Waals surface area contributed by atoms with Crippen LogP contribution in [0.4, 0.5) is 22.7 Å². The van der Waals surface area contributed by atoms with Gasteiger partial charge in [0.2, 0.25) is 11.5 Å². The highest BCUT2D eigenvalue weighted by Crippen LogP contribution is 2.39. The van der Waals surface area contributed by atoms with Crippen molar-refractivity contribution in [2.75, 3.05) is 37.9 Å². The summed E-state index contributed by atoms with van der Waals surface area (Å²) in [6, 6.07) is 5.16. The fraction of sp³-hybridized carbons (Fsp3) is 0.222. The molecule has 0 aromatic heterocycles. The highest BCUT2D eigenvalue weighted by atomic mass is 16.6. The Bertz CT molecular complexity index is 1000. The Hall–Kier alpha value is -4.62. The molecule has 32 heavy (non-hydrogen) atoms. The van der Waals surface area contributed by atoms with Crippen molar-refractivity contribution < 1.29 is 28.9 Å². The third kappa shape index (κ3) is 4.75. The van der Waals surface area contributed by atoms with Crippen LogP contribution < -0.4 is 31.6 Å². The smallest absolute Gasteiger partial charge is 0.334 e. The minimum Gasteiger partial charge on any atom is -0.490 e. The number of rotatable bonds is 11. The number of nitrogens with one attached hydrogen (secondary N) is 2. The summed E-state index contributed by atoms with van der Waals surface area (Å²) >= 11 is 0. The van der Waals surface area contributed by atoms with E-state index in [4.69, 9.17) is 20.9 Å². The van der Waals surface area contributed by atoms with E-state index in [1.807, 2.05) is 0 Å². The molecule has 0 unspecified atom stereocenters. The number of nitrogens with zero attached hydrogens (tertiary/aromatic N) is 2. The van der Waals surface area contributed by atoms with Crippen molar-refractivity contribution >= 4 is 34.6 Å². The first-order valence-electron chi connectivity index (χ1n) is 8.92. The Morgan fingerprint density at radius 3 is 1.41 bits per heavy atom. The predicted molar refractivity (Wildman–Crippen MR) is 113 cm³/mol. The first-order valence-corrected chi connectivity index (χ1v) is 8.92. The fourth-order valence-corrected chi connectivity index (χ4v) is 2.99. The van der Waals surface area contributed by atoms with Crippen LogP contribution in [-0.4, -0.2) is 49.0 Å². The van der Waals surface area contributed by atoms with Crippen LogP contribution in [0, 0.1) is 20.2 Å². The fourth-order valence-electron chi connectivity index (χ4n) is 2.99. The number of hydrogen-bond donors (Lipinski definition) is 4. The summed E-state index contributed by atoms with van der Waals surface area (Å²) in [5, 5.41) is 28.6. The van der Waals surface area contributed by atoms with Crippen LogP contribution in [-0.2, 0) is 0 Å². The van der Waals surface area contributed by atoms with E-state index in [2.05, 4.69) is 10.6 Å². The summed E-state index contributed by atoms with van der Waals surface area (Å²) < 4.78 is 9.98. The molecule has 14 nitrogen and oxygen atoms in total. The maximum absolute atomic E-state index is 11.5. The Morgan fingerprint density at radius 1 is 0.812 bits per heavy atom. The van der Waals surface area contributed by atoms with Crippen LogP contribution in [0.2, 0.25) is 0 Å². The van der Waals surface area contributed by atoms with Crippen molar-refractivity contribution in [3.63, 3.8) is 0 Å². The van der Waals surface area contributed by atoms with Crippen molar-refractivity contribution in [1.29, 1.82) is 0 Å². The second kappa shape index (κ2) is 9.92. The number of benzene rings is 2. The molecule has 14 heteroatoms. The van der Waals surface area contributed by atoms with Gasteiger partial charge >= 0.3 is 11.4 Å². The van der Waals surface area contributed by atoms with E-state index in [0.717, 1.165) is 0 Å². The zero-order valence-corrected chi connectivity index (χ0v) is 17.0. The van der Waals surface area contributed by atoms with Crippen LogP contribution in [0.5, 0.6) is 11.5 Å². The molecule has 0 radical (unpaired) electrons. The third-order valence-corrected chi connectivity index (χ3v) is 4.32. The lowest BCUT2D eigenvalue weighted by atomic mass is 10.1. The number of hydrogen-bond acceptors (Lipinski definition) is 10. The van der Waals surface area contributed by atoms with E-state index < -0.39 is 33.0 Å². The maximum atomic E-state index is 11.5. The van der Waals surface area contributed by atoms with Gasteiger partial charge in [0.05, 0.1) is 35.2 Å². The summed E-state index contributed by atoms with van der Waals surface area (Å²) in [5.41, 5.74) is 9.27. The average Bonchev–Trinajstić information content (AvgIpc) is 2.74. The van der Waals surface area contributed by atoms with Gasteiger partial charge in [-0.25, -0.2) is 0 Å². The van der Waals surface area contributed by atoms with E-state index in [1.54, 1.807) is 0 Å². The molecule has 0 bridgehead atoms. The molecule has 2 aromatic carbocycles. The Labute approximate surface area is 180 Å². The Morgan fingerprint density at radius 2 is 1.16 bits per heavy atom. The molecule has 170 valence electrons. The van der Waals surface area contributed by atoms with Crippen molar-refractivity contribution in [1.82, 2.24) is 0 Å². The zero-order chi connectivity index (χ0) is 24.0. The van der Waals surface area contributed by atoms with Gasteiger partial charge in [-0.15, -0.1) is 0 Å². The van der Waals surface area contributed by atoms with Crippen LogP contribution in [0.3, 0.4) is 0 Å². The average molecular weight is 448 g/mol. The number of anilines is 2. The van der Waals surface area contributed by atoms with Crippen molar-refractivity contribution in [3.8, 4) is 11.5 Å². The highest BCUT2D eigenvalue weighted by Gasteiger charge is 2.28. The van der Waals surface area contributed by atoms with Gasteiger partial charge in [-0.05, 0) is 24.3 Å². The predicted octanol–water partition coefficient (Wildman–Crippen LogP) is 1.24. The number of carbonyl (C=O) groups excluding carboxylic acids is 2. The number of ether oxygens (including phenoxy) is 2. The lowest BCUT2D eigenvalue weighted by Gasteiger charge is -2.14. The van der Waals surface area contributed by atoms with Gasteiger partial charge in [0.25, 0.3) is 11.8 Å². The molecule has 0 saturated carbocycles. The van der Waals surface area contributed by atoms with E-state index >= 15 is 0 Å². The maximum Gasteiger partial charge on any atom is 0.334 e. The molecule has 0 saturated heterocycles. The first-order chi connectivity index (χ1) is 15.1. The topological polar surface area (TPSA) is 215 Å². The van der Waals surface area contributed by atoms with E-state index in [9.17, 15) is 29.8 Å². The minimum absolute atomic E-state index is 0.0507. The van der Waals surface area contributed by atoms with Crippen LogP contribution in [0.25, 0.3) is 0 Å². The standard InChI is InChI=1S/C18H20N6O8/c1-31-15-9(17(19)25)3-5-11(13(15)23(27)28)21-7-8-22-12-6-4-10(18(20)26)16(32-2)14(12)24(29)30/h3-6,21-22H,7-8H2,1-2H3,(H2,19,25)(H2,20,26). The van der Waals surface area contributed by atoms with E-state index in [1.165, 1.54) is 38.5 Å². The molecule has 0 aliphatic heterocycles. The summed E-state index contributed by atoms with van der Waals surface area (Å²) in [4.78, 5) is 44.5. The number of nitrogens with two attached hydrogens (primary N) is 2. The first kappa shape index (κ1) is 23.7. The van der Waals surface area contributed by atoms with E-state index in [0.29, 0.717) is 0 Å². The summed E-state index contributed by atoms with van der Waals surface area (Å²) in [5.74, 6) is -2.36.